The summed E-state index contributed by atoms with van der Waals surface area (Å²) in [5, 5.41) is 16.8. The predicted octanol–water partition coefficient (Wildman–Crippen LogP) is -0.710. The van der Waals surface area contributed by atoms with Gasteiger partial charge in [0.25, 0.3) is 0 Å². The number of rotatable bonds is 0. The zero-order chi connectivity index (χ0) is 9.68. The maximum atomic E-state index is 8.00. The molecular weight excluding hydrogens is 261 g/mol. The Hall–Kier alpha value is -0.300. The van der Waals surface area contributed by atoms with Crippen molar-refractivity contribution in [2.75, 3.05) is 0 Å². The monoisotopic (exact) mass is 265 g/mol. The first-order valence-electron chi connectivity index (χ1n) is 3.39. The van der Waals surface area contributed by atoms with Crippen LogP contribution < -0.4 is 29.6 Å². The zero-order valence-electron chi connectivity index (χ0n) is 7.48. The largest absolute Gasteiger partial charge is 1.00 e. The molecule has 1 heterocycles. The second-order valence-electron chi connectivity index (χ2n) is 2.28. The molecule has 68 valence electrons. The second-order valence-corrected chi connectivity index (χ2v) is 3.30. The van der Waals surface area contributed by atoms with Crippen LogP contribution in [0.3, 0.4) is 0 Å². The standard InChI is InChI=1S/C7H5BrN2.HNO2.Na/c8-6-2-1-5-4-9-10-7(5)3-6;2-1-3;/h1-2,4H,3H2;(H,2,3);/q;;+1/p-1. The second kappa shape index (κ2) is 7.05. The van der Waals surface area contributed by atoms with Gasteiger partial charge in [0.15, 0.2) is 0 Å². The molecule has 0 aromatic rings. The van der Waals surface area contributed by atoms with Gasteiger partial charge in [-0.3, -0.25) is 0 Å². The molecule has 2 aliphatic rings. The Morgan fingerprint density at radius 2 is 2.14 bits per heavy atom. The molecule has 7 heteroatoms. The number of hydrogen-bond donors (Lipinski definition) is 0. The summed E-state index contributed by atoms with van der Waals surface area (Å²) in [6, 6.07) is 0. The van der Waals surface area contributed by atoms with E-state index in [9.17, 15) is 0 Å². The molecule has 0 N–H and O–H groups in total. The molecule has 0 amide bonds. The van der Waals surface area contributed by atoms with E-state index in [0.29, 0.717) is 0 Å². The van der Waals surface area contributed by atoms with Crippen LogP contribution in [0.15, 0.2) is 37.8 Å². The summed E-state index contributed by atoms with van der Waals surface area (Å²) in [5.74, 6) is 0. The zero-order valence-corrected chi connectivity index (χ0v) is 11.1. The summed E-state index contributed by atoms with van der Waals surface area (Å²) in [4.78, 5) is 8.00. The van der Waals surface area contributed by atoms with Crippen molar-refractivity contribution in [2.45, 2.75) is 6.42 Å². The van der Waals surface area contributed by atoms with Gasteiger partial charge < -0.3 is 10.1 Å². The van der Waals surface area contributed by atoms with Crippen molar-refractivity contribution in [1.82, 2.24) is 0 Å². The van der Waals surface area contributed by atoms with Gasteiger partial charge in [0.05, 0.1) is 11.9 Å². The third-order valence-corrected chi connectivity index (χ3v) is 2.03. The first-order chi connectivity index (χ1) is 6.27. The van der Waals surface area contributed by atoms with Crippen molar-refractivity contribution in [2.24, 2.45) is 15.5 Å². The van der Waals surface area contributed by atoms with Crippen LogP contribution in [-0.4, -0.2) is 11.9 Å². The normalized spacial score (nSPS) is 16.2. The number of halogens is 1. The molecule has 5 nitrogen and oxygen atoms in total. The van der Waals surface area contributed by atoms with E-state index in [2.05, 4.69) is 26.1 Å². The molecule has 2 rings (SSSR count). The van der Waals surface area contributed by atoms with Crippen molar-refractivity contribution < 1.29 is 29.6 Å². The fourth-order valence-electron chi connectivity index (χ4n) is 0.969. The Labute approximate surface area is 111 Å². The average molecular weight is 266 g/mol. The molecule has 1 aliphatic carbocycles. The number of allylic oxidation sites excluding steroid dienone is 4. The van der Waals surface area contributed by atoms with Crippen molar-refractivity contribution in [3.05, 3.63) is 32.3 Å². The van der Waals surface area contributed by atoms with Gasteiger partial charge in [-0.2, -0.15) is 10.2 Å². The van der Waals surface area contributed by atoms with Gasteiger partial charge >= 0.3 is 29.6 Å². The van der Waals surface area contributed by atoms with Gasteiger partial charge in [-0.05, 0) is 0 Å². The van der Waals surface area contributed by atoms with E-state index in [4.69, 9.17) is 10.1 Å². The smallest absolute Gasteiger partial charge is 0.444 e. The van der Waals surface area contributed by atoms with Crippen molar-refractivity contribution in [3.63, 3.8) is 0 Å². The van der Waals surface area contributed by atoms with E-state index < -0.39 is 0 Å². The topological polar surface area (TPSA) is 77.2 Å². The molecule has 14 heavy (non-hydrogen) atoms. The van der Waals surface area contributed by atoms with Gasteiger partial charge in [0, 0.05) is 16.5 Å². The Morgan fingerprint density at radius 3 is 2.79 bits per heavy atom. The average Bonchev–Trinajstić information content (AvgIpc) is 2.52. The van der Waals surface area contributed by atoms with Crippen LogP contribution in [0.1, 0.15) is 6.42 Å². The first kappa shape index (κ1) is 13.7. The van der Waals surface area contributed by atoms with Crippen LogP contribution in [-0.2, 0) is 0 Å². The molecule has 0 spiro atoms. The molecule has 0 atom stereocenters. The summed E-state index contributed by atoms with van der Waals surface area (Å²) in [6.45, 7) is 0. The van der Waals surface area contributed by atoms with Gasteiger partial charge in [0.1, 0.15) is 0 Å². The molecule has 0 radical (unpaired) electrons. The minimum absolute atomic E-state index is 0. The summed E-state index contributed by atoms with van der Waals surface area (Å²) < 4.78 is 1.17. The van der Waals surface area contributed by atoms with Crippen LogP contribution >= 0.6 is 15.9 Å². The van der Waals surface area contributed by atoms with E-state index in [1.54, 1.807) is 6.21 Å². The minimum Gasteiger partial charge on any atom is -0.444 e. The van der Waals surface area contributed by atoms with E-state index in [0.717, 1.165) is 23.0 Å². The van der Waals surface area contributed by atoms with Crippen LogP contribution in [0.25, 0.3) is 0 Å². The predicted molar refractivity (Wildman–Crippen MR) is 54.8 cm³/mol. The maximum absolute atomic E-state index is 8.00. The molecule has 0 fully saturated rings. The number of hydrogen-bond acceptors (Lipinski definition) is 5. The third kappa shape index (κ3) is 3.83. The van der Waals surface area contributed by atoms with Crippen LogP contribution in [0.4, 0.5) is 0 Å². The van der Waals surface area contributed by atoms with Crippen LogP contribution in [0.2, 0.25) is 0 Å². The molecule has 0 saturated heterocycles. The van der Waals surface area contributed by atoms with E-state index in [1.165, 1.54) is 4.48 Å². The summed E-state index contributed by atoms with van der Waals surface area (Å²) in [5.41, 5.74) is 2.21. The quantitative estimate of drug-likeness (QED) is 0.330. The fourth-order valence-corrected chi connectivity index (χ4v) is 1.37. The Kier molecular flexibility index (Phi) is 6.90. The van der Waals surface area contributed by atoms with Gasteiger partial charge in [-0.25, -0.2) is 0 Å². The van der Waals surface area contributed by atoms with Crippen LogP contribution in [0.5, 0.6) is 0 Å². The Balaban J connectivity index is 0.000000381. The summed E-state index contributed by atoms with van der Waals surface area (Å²) in [6.07, 6.45) is 6.71. The molecule has 0 unspecified atom stereocenters. The molecule has 0 saturated carbocycles. The minimum atomic E-state index is 0. The van der Waals surface area contributed by atoms with Gasteiger partial charge in [-0.1, -0.05) is 28.1 Å². The third-order valence-electron chi connectivity index (χ3n) is 1.49. The fraction of sp³-hybridized carbons (Fsp3) is 0.143. The van der Waals surface area contributed by atoms with Crippen molar-refractivity contribution in [3.8, 4) is 0 Å². The Bertz CT molecular complexity index is 336. The molecular formula is C7H5BrN3NaO2. The SMILES string of the molecule is BrC1=CC=C2C=NN=C2C1.O=N[O-].[Na+]. The van der Waals surface area contributed by atoms with Crippen molar-refractivity contribution in [1.29, 1.82) is 0 Å². The molecule has 0 bridgehead atoms. The maximum Gasteiger partial charge on any atom is 1.00 e. The van der Waals surface area contributed by atoms with Crippen molar-refractivity contribution >= 4 is 27.9 Å². The molecule has 0 aromatic carbocycles. The van der Waals surface area contributed by atoms with E-state index >= 15 is 0 Å². The van der Waals surface area contributed by atoms with Gasteiger partial charge in [0.2, 0.25) is 0 Å². The van der Waals surface area contributed by atoms with E-state index in [1.807, 2.05) is 12.2 Å². The molecule has 1 aliphatic heterocycles. The Morgan fingerprint density at radius 1 is 1.50 bits per heavy atom. The summed E-state index contributed by atoms with van der Waals surface area (Å²) in [7, 11) is 0. The number of fused-ring (bicyclic) bond motifs is 1. The van der Waals surface area contributed by atoms with Crippen LogP contribution in [0, 0.1) is 10.1 Å². The van der Waals surface area contributed by atoms with E-state index in [-0.39, 0.29) is 29.6 Å². The first-order valence-corrected chi connectivity index (χ1v) is 4.19. The molecule has 0 aromatic heterocycles. The number of nitrogens with zero attached hydrogens (tertiary/aromatic N) is 3. The summed E-state index contributed by atoms with van der Waals surface area (Å²) >= 11 is 3.40. The van der Waals surface area contributed by atoms with Gasteiger partial charge in [-0.15, -0.1) is 5.34 Å².